The number of aromatic hydroxyl groups is 1. The van der Waals surface area contributed by atoms with E-state index in [1.165, 1.54) is 0 Å². The summed E-state index contributed by atoms with van der Waals surface area (Å²) < 4.78 is 13.2. The minimum atomic E-state index is 0.213. The normalized spacial score (nSPS) is 12.9. The lowest BCUT2D eigenvalue weighted by Crippen LogP contribution is -2.15. The van der Waals surface area contributed by atoms with Crippen molar-refractivity contribution in [1.29, 1.82) is 0 Å². The smallest absolute Gasteiger partial charge is 0.163 e. The molecule has 4 aromatic rings. The Morgan fingerprint density at radius 1 is 1.00 bits per heavy atom. The number of nitrogens with zero attached hydrogens (tertiary/aromatic N) is 3. The highest BCUT2D eigenvalue weighted by Gasteiger charge is 2.17. The van der Waals surface area contributed by atoms with Crippen molar-refractivity contribution in [3.63, 3.8) is 0 Å². The molecule has 0 atom stereocenters. The second-order valence-corrected chi connectivity index (χ2v) is 6.14. The van der Waals surface area contributed by atoms with Crippen LogP contribution in [0.25, 0.3) is 16.9 Å². The predicted molar refractivity (Wildman–Crippen MR) is 101 cm³/mol. The Balaban J connectivity index is 1.61. The summed E-state index contributed by atoms with van der Waals surface area (Å²) in [6.45, 7) is 1.10. The number of ether oxygens (including phenoxy) is 2. The number of aromatic nitrogens is 3. The largest absolute Gasteiger partial charge is 0.508 e. The summed E-state index contributed by atoms with van der Waals surface area (Å²) in [7, 11) is 0. The van der Waals surface area contributed by atoms with Gasteiger partial charge in [-0.3, -0.25) is 9.38 Å². The molecule has 0 bridgehead atoms. The van der Waals surface area contributed by atoms with Crippen LogP contribution in [0.2, 0.25) is 0 Å². The lowest BCUT2D eigenvalue weighted by molar-refractivity contribution is 0.171. The molecule has 0 aliphatic carbocycles. The molecular weight excluding hydrogens is 344 g/mol. The van der Waals surface area contributed by atoms with E-state index in [2.05, 4.69) is 10.3 Å². The van der Waals surface area contributed by atoms with Crippen molar-refractivity contribution >= 4 is 17.2 Å². The van der Waals surface area contributed by atoms with Crippen LogP contribution in [0.1, 0.15) is 0 Å². The number of hydrogen-bond acceptors (Lipinski definition) is 6. The summed E-state index contributed by atoms with van der Waals surface area (Å²) in [6.07, 6.45) is 5.27. The summed E-state index contributed by atoms with van der Waals surface area (Å²) in [5, 5.41) is 13.0. The Morgan fingerprint density at radius 2 is 1.81 bits per heavy atom. The first-order valence-electron chi connectivity index (χ1n) is 8.56. The molecule has 2 N–H and O–H groups in total. The summed E-state index contributed by atoms with van der Waals surface area (Å²) >= 11 is 0. The van der Waals surface area contributed by atoms with Crippen LogP contribution in [-0.2, 0) is 0 Å². The third-order valence-corrected chi connectivity index (χ3v) is 4.38. The third kappa shape index (κ3) is 2.79. The van der Waals surface area contributed by atoms with Gasteiger partial charge in [0.1, 0.15) is 30.5 Å². The van der Waals surface area contributed by atoms with Crippen molar-refractivity contribution < 1.29 is 14.6 Å². The second-order valence-electron chi connectivity index (χ2n) is 6.14. The zero-order valence-corrected chi connectivity index (χ0v) is 14.3. The molecule has 3 heterocycles. The van der Waals surface area contributed by atoms with Crippen molar-refractivity contribution in [1.82, 2.24) is 14.4 Å². The fraction of sp³-hybridized carbons (Fsp3) is 0.100. The number of nitrogens with one attached hydrogen (secondary N) is 1. The first-order chi connectivity index (χ1) is 13.3. The number of phenolic OH excluding ortho intramolecular Hbond substituents is 1. The summed E-state index contributed by atoms with van der Waals surface area (Å²) in [6, 6.07) is 12.7. The van der Waals surface area contributed by atoms with Gasteiger partial charge in [0.25, 0.3) is 0 Å². The van der Waals surface area contributed by atoms with Gasteiger partial charge in [0.05, 0.1) is 6.20 Å². The molecule has 0 amide bonds. The molecule has 0 saturated heterocycles. The highest BCUT2D eigenvalue weighted by Crippen LogP contribution is 2.36. The standard InChI is InChI=1S/C20H16N4O3/c25-15-4-1-13(2-5-15)19-20(24-8-7-21-12-18(24)23-19)22-14-3-6-16-17(11-14)27-10-9-26-16/h1-8,11-12,22,25H,9-10H2. The molecule has 0 saturated carbocycles. The van der Waals surface area contributed by atoms with Gasteiger partial charge in [0.15, 0.2) is 17.1 Å². The minimum absolute atomic E-state index is 0.213. The summed E-state index contributed by atoms with van der Waals surface area (Å²) in [5.41, 5.74) is 3.23. The van der Waals surface area contributed by atoms with Gasteiger partial charge in [-0.2, -0.15) is 0 Å². The van der Waals surface area contributed by atoms with Crippen LogP contribution in [0.5, 0.6) is 17.2 Å². The summed E-state index contributed by atoms with van der Waals surface area (Å²) in [4.78, 5) is 8.85. The van der Waals surface area contributed by atoms with E-state index in [0.29, 0.717) is 19.0 Å². The van der Waals surface area contributed by atoms with Gasteiger partial charge < -0.3 is 19.9 Å². The van der Waals surface area contributed by atoms with E-state index < -0.39 is 0 Å². The van der Waals surface area contributed by atoms with Crippen molar-refractivity contribution in [3.05, 3.63) is 61.1 Å². The number of fused-ring (bicyclic) bond motifs is 2. The van der Waals surface area contributed by atoms with Gasteiger partial charge in [0.2, 0.25) is 0 Å². The van der Waals surface area contributed by atoms with Gasteiger partial charge in [-0.25, -0.2) is 4.98 Å². The van der Waals surface area contributed by atoms with Crippen LogP contribution in [-0.4, -0.2) is 32.7 Å². The van der Waals surface area contributed by atoms with Crippen LogP contribution in [0, 0.1) is 0 Å². The maximum absolute atomic E-state index is 9.58. The molecule has 0 radical (unpaired) electrons. The minimum Gasteiger partial charge on any atom is -0.508 e. The SMILES string of the molecule is Oc1ccc(-c2nc3cnccn3c2Nc2ccc3c(c2)OCCO3)cc1. The number of anilines is 2. The number of hydrogen-bond donors (Lipinski definition) is 2. The van der Waals surface area contributed by atoms with Crippen LogP contribution in [0.4, 0.5) is 11.5 Å². The number of phenols is 1. The van der Waals surface area contributed by atoms with E-state index >= 15 is 0 Å². The molecule has 2 aromatic heterocycles. The first kappa shape index (κ1) is 15.5. The zero-order chi connectivity index (χ0) is 18.2. The average molecular weight is 360 g/mol. The lowest BCUT2D eigenvalue weighted by atomic mass is 10.1. The van der Waals surface area contributed by atoms with Crippen LogP contribution < -0.4 is 14.8 Å². The quantitative estimate of drug-likeness (QED) is 0.581. The molecule has 134 valence electrons. The fourth-order valence-corrected chi connectivity index (χ4v) is 3.10. The third-order valence-electron chi connectivity index (χ3n) is 4.38. The van der Waals surface area contributed by atoms with E-state index in [1.54, 1.807) is 24.5 Å². The predicted octanol–water partition coefficient (Wildman–Crippen LogP) is 3.62. The molecule has 0 unspecified atom stereocenters. The van der Waals surface area contributed by atoms with Crippen molar-refractivity contribution in [2.45, 2.75) is 0 Å². The molecule has 7 nitrogen and oxygen atoms in total. The molecular formula is C20H16N4O3. The molecule has 5 rings (SSSR count). The number of imidazole rings is 1. The van der Waals surface area contributed by atoms with Crippen LogP contribution in [0.3, 0.4) is 0 Å². The Labute approximate surface area is 154 Å². The molecule has 1 aliphatic heterocycles. The van der Waals surface area contributed by atoms with E-state index in [-0.39, 0.29) is 5.75 Å². The van der Waals surface area contributed by atoms with Crippen molar-refractivity contribution in [3.8, 4) is 28.5 Å². The Morgan fingerprint density at radius 3 is 2.67 bits per heavy atom. The second kappa shape index (κ2) is 6.21. The van der Waals surface area contributed by atoms with Gasteiger partial charge in [-0.15, -0.1) is 0 Å². The Kier molecular flexibility index (Phi) is 3.57. The van der Waals surface area contributed by atoms with E-state index in [1.807, 2.05) is 40.9 Å². The highest BCUT2D eigenvalue weighted by molar-refractivity contribution is 5.80. The number of rotatable bonds is 3. The monoisotopic (exact) mass is 360 g/mol. The Bertz CT molecular complexity index is 1120. The highest BCUT2D eigenvalue weighted by atomic mass is 16.6. The zero-order valence-electron chi connectivity index (χ0n) is 14.3. The molecule has 0 spiro atoms. The maximum atomic E-state index is 9.58. The lowest BCUT2D eigenvalue weighted by Gasteiger charge is -2.19. The molecule has 7 heteroatoms. The number of benzene rings is 2. The fourth-order valence-electron chi connectivity index (χ4n) is 3.10. The molecule has 0 fully saturated rings. The maximum Gasteiger partial charge on any atom is 0.163 e. The molecule has 27 heavy (non-hydrogen) atoms. The van der Waals surface area contributed by atoms with Crippen molar-refractivity contribution in [2.24, 2.45) is 0 Å². The van der Waals surface area contributed by atoms with E-state index in [9.17, 15) is 5.11 Å². The van der Waals surface area contributed by atoms with E-state index in [0.717, 1.165) is 34.2 Å². The topological polar surface area (TPSA) is 80.9 Å². The van der Waals surface area contributed by atoms with Gasteiger partial charge in [-0.1, -0.05) is 0 Å². The van der Waals surface area contributed by atoms with Crippen molar-refractivity contribution in [2.75, 3.05) is 18.5 Å². The van der Waals surface area contributed by atoms with Crippen LogP contribution in [0.15, 0.2) is 61.1 Å². The van der Waals surface area contributed by atoms with Gasteiger partial charge >= 0.3 is 0 Å². The van der Waals surface area contributed by atoms with Gasteiger partial charge in [0, 0.05) is 29.7 Å². The average Bonchev–Trinajstić information content (AvgIpc) is 3.07. The Hall–Kier alpha value is -3.74. The molecule has 2 aromatic carbocycles. The van der Waals surface area contributed by atoms with E-state index in [4.69, 9.17) is 14.5 Å². The van der Waals surface area contributed by atoms with Crippen LogP contribution >= 0.6 is 0 Å². The van der Waals surface area contributed by atoms with Gasteiger partial charge in [-0.05, 0) is 36.4 Å². The first-order valence-corrected chi connectivity index (χ1v) is 8.56. The molecule has 1 aliphatic rings. The summed E-state index contributed by atoms with van der Waals surface area (Å²) in [5.74, 6) is 2.47.